The van der Waals surface area contributed by atoms with E-state index >= 15 is 0 Å². The second kappa shape index (κ2) is 9.02. The summed E-state index contributed by atoms with van der Waals surface area (Å²) in [5.74, 6) is 1.29. The van der Waals surface area contributed by atoms with Gasteiger partial charge in [0.1, 0.15) is 0 Å². The summed E-state index contributed by atoms with van der Waals surface area (Å²) in [4.78, 5) is 0. The van der Waals surface area contributed by atoms with E-state index in [-0.39, 0.29) is 16.9 Å². The van der Waals surface area contributed by atoms with Crippen LogP contribution >= 0.6 is 12.2 Å². The van der Waals surface area contributed by atoms with Crippen molar-refractivity contribution in [2.75, 3.05) is 6.54 Å². The highest BCUT2D eigenvalue weighted by atomic mass is 32.1. The van der Waals surface area contributed by atoms with Crippen LogP contribution in [0.4, 0.5) is 0 Å². The third kappa shape index (κ3) is 4.53. The standard InChI is InChI=1S/C27H43N3S/c1-18(2)19-10-12-21-20(16-19)11-13-24-26(3,14-7-15-27(21,24)4)17-29-25(31)30-23-9-6-5-8-22(23)28/h10,12,16,18,22-24H,5-9,11,13-15,17,28H2,1-4H3,(H2,29,30,31)/t22?,23?,24?,26-,27+/m0/s1. The molecule has 0 aromatic heterocycles. The van der Waals surface area contributed by atoms with Crippen LogP contribution in [-0.4, -0.2) is 23.7 Å². The zero-order valence-electron chi connectivity index (χ0n) is 20.1. The first kappa shape index (κ1) is 23.0. The Labute approximate surface area is 195 Å². The van der Waals surface area contributed by atoms with Crippen molar-refractivity contribution < 1.29 is 0 Å². The average Bonchev–Trinajstić information content (AvgIpc) is 2.73. The van der Waals surface area contributed by atoms with Crippen LogP contribution in [0.5, 0.6) is 0 Å². The Morgan fingerprint density at radius 2 is 1.90 bits per heavy atom. The molecule has 3 aliphatic rings. The van der Waals surface area contributed by atoms with Crippen LogP contribution in [0.3, 0.4) is 0 Å². The maximum Gasteiger partial charge on any atom is 0.166 e. The molecule has 1 aromatic rings. The quantitative estimate of drug-likeness (QED) is 0.536. The Morgan fingerprint density at radius 3 is 2.65 bits per heavy atom. The summed E-state index contributed by atoms with van der Waals surface area (Å²) in [7, 11) is 0. The normalized spacial score (nSPS) is 35.2. The summed E-state index contributed by atoms with van der Waals surface area (Å²) >= 11 is 5.70. The van der Waals surface area contributed by atoms with Crippen molar-refractivity contribution in [3.05, 3.63) is 34.9 Å². The highest BCUT2D eigenvalue weighted by molar-refractivity contribution is 7.80. The van der Waals surface area contributed by atoms with Gasteiger partial charge in [0.2, 0.25) is 0 Å². The SMILES string of the molecule is CC(C)c1ccc2c(c1)CCC1[C@](C)(CNC(=S)NC3CCCCC3N)CCC[C@]21C. The van der Waals surface area contributed by atoms with Gasteiger partial charge in [-0.1, -0.05) is 65.2 Å². The van der Waals surface area contributed by atoms with Crippen LogP contribution in [0.15, 0.2) is 18.2 Å². The molecule has 0 amide bonds. The molecule has 3 nitrogen and oxygen atoms in total. The molecule has 4 N–H and O–H groups in total. The fourth-order valence-electron chi connectivity index (χ4n) is 7.05. The first-order chi connectivity index (χ1) is 14.7. The first-order valence-electron chi connectivity index (χ1n) is 12.7. The van der Waals surface area contributed by atoms with Crippen LogP contribution in [0, 0.1) is 11.3 Å². The Morgan fingerprint density at radius 1 is 1.13 bits per heavy atom. The minimum Gasteiger partial charge on any atom is -0.362 e. The summed E-state index contributed by atoms with van der Waals surface area (Å²) < 4.78 is 0. The van der Waals surface area contributed by atoms with Crippen molar-refractivity contribution >= 4 is 17.3 Å². The topological polar surface area (TPSA) is 50.1 Å². The number of hydrogen-bond donors (Lipinski definition) is 3. The van der Waals surface area contributed by atoms with Gasteiger partial charge in [0, 0.05) is 18.6 Å². The predicted molar refractivity (Wildman–Crippen MR) is 136 cm³/mol. The van der Waals surface area contributed by atoms with Crippen molar-refractivity contribution in [2.24, 2.45) is 17.1 Å². The summed E-state index contributed by atoms with van der Waals surface area (Å²) in [6.07, 6.45) is 11.1. The van der Waals surface area contributed by atoms with Gasteiger partial charge >= 0.3 is 0 Å². The number of aryl methyl sites for hydroxylation is 1. The van der Waals surface area contributed by atoms with E-state index in [1.54, 1.807) is 11.1 Å². The smallest absolute Gasteiger partial charge is 0.166 e. The molecule has 2 fully saturated rings. The average molecular weight is 442 g/mol. The van der Waals surface area contributed by atoms with E-state index in [0.717, 1.165) is 24.5 Å². The van der Waals surface area contributed by atoms with Crippen LogP contribution in [0.1, 0.15) is 102 Å². The lowest BCUT2D eigenvalue weighted by Gasteiger charge is -2.55. The molecule has 0 heterocycles. The third-order valence-electron chi connectivity index (χ3n) is 8.96. The van der Waals surface area contributed by atoms with E-state index in [0.29, 0.717) is 17.9 Å². The number of rotatable bonds is 4. The molecule has 4 heteroatoms. The summed E-state index contributed by atoms with van der Waals surface area (Å²) in [5.41, 5.74) is 11.6. The second-order valence-electron chi connectivity index (χ2n) is 11.5. The highest BCUT2D eigenvalue weighted by Gasteiger charge is 2.51. The minimum absolute atomic E-state index is 0.229. The number of nitrogens with one attached hydrogen (secondary N) is 2. The molecule has 0 saturated heterocycles. The maximum absolute atomic E-state index is 6.32. The molecule has 5 atom stereocenters. The number of fused-ring (bicyclic) bond motifs is 3. The first-order valence-corrected chi connectivity index (χ1v) is 13.1. The predicted octanol–water partition coefficient (Wildman–Crippen LogP) is 5.55. The summed E-state index contributed by atoms with van der Waals surface area (Å²) in [6, 6.07) is 7.90. The van der Waals surface area contributed by atoms with Gasteiger partial charge in [-0.15, -0.1) is 0 Å². The van der Waals surface area contributed by atoms with Gasteiger partial charge in [-0.3, -0.25) is 0 Å². The van der Waals surface area contributed by atoms with Crippen molar-refractivity contribution in [1.82, 2.24) is 10.6 Å². The summed E-state index contributed by atoms with van der Waals surface area (Å²) in [5, 5.41) is 7.96. The highest BCUT2D eigenvalue weighted by Crippen LogP contribution is 2.57. The van der Waals surface area contributed by atoms with E-state index in [9.17, 15) is 0 Å². The molecule has 0 radical (unpaired) electrons. The Hall–Kier alpha value is -1.13. The van der Waals surface area contributed by atoms with E-state index < -0.39 is 0 Å². The van der Waals surface area contributed by atoms with Crippen molar-refractivity contribution in [3.63, 3.8) is 0 Å². The number of benzene rings is 1. The van der Waals surface area contributed by atoms with E-state index in [4.69, 9.17) is 18.0 Å². The molecule has 3 aliphatic carbocycles. The van der Waals surface area contributed by atoms with E-state index in [1.165, 1.54) is 50.5 Å². The van der Waals surface area contributed by atoms with Crippen molar-refractivity contribution in [2.45, 2.75) is 109 Å². The van der Waals surface area contributed by atoms with Crippen LogP contribution in [0.2, 0.25) is 0 Å². The molecule has 31 heavy (non-hydrogen) atoms. The zero-order chi connectivity index (χ0) is 22.2. The summed E-state index contributed by atoms with van der Waals surface area (Å²) in [6.45, 7) is 10.6. The molecular formula is C27H43N3S. The molecule has 2 saturated carbocycles. The Bertz CT molecular complexity index is 806. The van der Waals surface area contributed by atoms with Crippen LogP contribution in [0.25, 0.3) is 0 Å². The third-order valence-corrected chi connectivity index (χ3v) is 9.22. The van der Waals surface area contributed by atoms with Crippen LogP contribution < -0.4 is 16.4 Å². The van der Waals surface area contributed by atoms with E-state index in [2.05, 4.69) is 56.5 Å². The number of nitrogens with two attached hydrogens (primary N) is 1. The molecule has 172 valence electrons. The van der Waals surface area contributed by atoms with E-state index in [1.807, 2.05) is 0 Å². The molecule has 3 unspecified atom stereocenters. The molecule has 0 spiro atoms. The molecule has 4 rings (SSSR count). The zero-order valence-corrected chi connectivity index (χ0v) is 20.9. The van der Waals surface area contributed by atoms with Gasteiger partial charge in [0.05, 0.1) is 0 Å². The van der Waals surface area contributed by atoms with Crippen molar-refractivity contribution in [1.29, 1.82) is 0 Å². The lowest BCUT2D eigenvalue weighted by Crippen LogP contribution is -2.56. The van der Waals surface area contributed by atoms with Gasteiger partial charge in [0.25, 0.3) is 0 Å². The Balaban J connectivity index is 1.46. The molecule has 1 aromatic carbocycles. The fourth-order valence-corrected chi connectivity index (χ4v) is 7.28. The van der Waals surface area contributed by atoms with Crippen LogP contribution in [-0.2, 0) is 11.8 Å². The second-order valence-corrected chi connectivity index (χ2v) is 11.9. The van der Waals surface area contributed by atoms with Gasteiger partial charge in [-0.05, 0) is 90.1 Å². The lowest BCUT2D eigenvalue weighted by molar-refractivity contribution is 0.0292. The Kier molecular flexibility index (Phi) is 6.70. The lowest BCUT2D eigenvalue weighted by atomic mass is 9.49. The molecule has 0 aliphatic heterocycles. The van der Waals surface area contributed by atoms with Crippen molar-refractivity contribution in [3.8, 4) is 0 Å². The largest absolute Gasteiger partial charge is 0.362 e. The molecule has 0 bridgehead atoms. The van der Waals surface area contributed by atoms with Gasteiger partial charge < -0.3 is 16.4 Å². The van der Waals surface area contributed by atoms with Gasteiger partial charge in [0.15, 0.2) is 5.11 Å². The van der Waals surface area contributed by atoms with Gasteiger partial charge in [-0.2, -0.15) is 0 Å². The maximum atomic E-state index is 6.32. The number of thiocarbonyl (C=S) groups is 1. The molecular weight excluding hydrogens is 398 g/mol. The minimum atomic E-state index is 0.229. The monoisotopic (exact) mass is 441 g/mol. The number of hydrogen-bond acceptors (Lipinski definition) is 2. The fraction of sp³-hybridized carbons (Fsp3) is 0.741. The van der Waals surface area contributed by atoms with Gasteiger partial charge in [-0.25, -0.2) is 0 Å².